The fraction of sp³-hybridized carbons (Fsp3) is 0.417. The zero-order valence-electron chi connectivity index (χ0n) is 20.8. The van der Waals surface area contributed by atoms with Gasteiger partial charge in [-0.1, -0.05) is 0 Å². The lowest BCUT2D eigenvalue weighted by atomic mass is 9.88. The number of alkyl halides is 3. The number of furan rings is 1. The summed E-state index contributed by atoms with van der Waals surface area (Å²) in [6.45, 7) is 3.29. The SMILES string of the molecule is CCS(=O)(=O)N1CCC(c2c[nH]c3c(C(N)=O)cc(-c4coc(CNC)c4)cc23)CC1.O=C(O)C(F)(F)F. The average Bonchev–Trinajstić information content (AvgIpc) is 3.50. The minimum atomic E-state index is -5.08. The third kappa shape index (κ3) is 6.55. The van der Waals surface area contributed by atoms with Crippen LogP contribution in [0.4, 0.5) is 13.2 Å². The zero-order chi connectivity index (χ0) is 28.3. The molecule has 5 N–H and O–H groups in total. The monoisotopic (exact) mass is 558 g/mol. The number of carboxylic acid groups (broad SMARTS) is 1. The van der Waals surface area contributed by atoms with Gasteiger partial charge in [0.05, 0.1) is 29.6 Å². The van der Waals surface area contributed by atoms with Gasteiger partial charge in [-0.05, 0) is 62.1 Å². The number of amides is 1. The molecule has 2 aromatic heterocycles. The molecule has 0 aliphatic carbocycles. The Morgan fingerprint density at radius 3 is 2.37 bits per heavy atom. The average molecular weight is 559 g/mol. The summed E-state index contributed by atoms with van der Waals surface area (Å²) in [5.74, 6) is -2.12. The minimum Gasteiger partial charge on any atom is -0.475 e. The Kier molecular flexibility index (Phi) is 8.90. The van der Waals surface area contributed by atoms with E-state index < -0.39 is 28.1 Å². The number of sulfonamides is 1. The fourth-order valence-electron chi connectivity index (χ4n) is 4.38. The molecule has 0 radical (unpaired) electrons. The van der Waals surface area contributed by atoms with E-state index in [1.807, 2.05) is 19.3 Å². The first kappa shape index (κ1) is 29.2. The summed E-state index contributed by atoms with van der Waals surface area (Å²) in [5.41, 5.74) is 9.66. The second-order valence-electron chi connectivity index (χ2n) is 8.76. The van der Waals surface area contributed by atoms with Gasteiger partial charge in [0, 0.05) is 30.2 Å². The van der Waals surface area contributed by atoms with Crippen LogP contribution in [0.5, 0.6) is 0 Å². The number of nitrogens with two attached hydrogens (primary N) is 1. The molecule has 0 spiro atoms. The number of aromatic nitrogens is 1. The van der Waals surface area contributed by atoms with Crippen molar-refractivity contribution in [2.45, 2.75) is 38.4 Å². The van der Waals surface area contributed by atoms with E-state index in [9.17, 15) is 26.4 Å². The highest BCUT2D eigenvalue weighted by Gasteiger charge is 2.38. The topological polar surface area (TPSA) is 159 Å². The Balaban J connectivity index is 0.000000505. The third-order valence-electron chi connectivity index (χ3n) is 6.32. The molecule has 0 atom stereocenters. The number of hydrogen-bond acceptors (Lipinski definition) is 6. The number of primary amides is 1. The molecule has 1 aliphatic rings. The van der Waals surface area contributed by atoms with E-state index >= 15 is 0 Å². The highest BCUT2D eigenvalue weighted by Crippen LogP contribution is 2.37. The Morgan fingerprint density at radius 2 is 1.84 bits per heavy atom. The molecule has 1 aliphatic heterocycles. The van der Waals surface area contributed by atoms with Crippen LogP contribution in [-0.4, -0.2) is 66.8 Å². The predicted molar refractivity (Wildman–Crippen MR) is 134 cm³/mol. The van der Waals surface area contributed by atoms with Gasteiger partial charge in [0.1, 0.15) is 5.76 Å². The van der Waals surface area contributed by atoms with E-state index in [2.05, 4.69) is 16.4 Å². The lowest BCUT2D eigenvalue weighted by Crippen LogP contribution is -2.38. The van der Waals surface area contributed by atoms with Gasteiger partial charge in [-0.3, -0.25) is 4.79 Å². The highest BCUT2D eigenvalue weighted by atomic mass is 32.2. The van der Waals surface area contributed by atoms with Gasteiger partial charge >= 0.3 is 12.1 Å². The van der Waals surface area contributed by atoms with E-state index in [0.29, 0.717) is 30.7 Å². The first-order chi connectivity index (χ1) is 17.8. The number of benzene rings is 1. The fourth-order valence-corrected chi connectivity index (χ4v) is 5.51. The van der Waals surface area contributed by atoms with Crippen molar-refractivity contribution in [3.8, 4) is 11.1 Å². The van der Waals surface area contributed by atoms with Gasteiger partial charge in [0.2, 0.25) is 10.0 Å². The number of carboxylic acids is 1. The Bertz CT molecular complexity index is 1410. The number of hydrogen-bond donors (Lipinski definition) is 4. The van der Waals surface area contributed by atoms with Crippen LogP contribution in [0.2, 0.25) is 0 Å². The minimum absolute atomic E-state index is 0.121. The standard InChI is InChI=1S/C22H28N4O4S.C2HF3O2/c1-3-31(28,29)26-6-4-14(5-7-26)20-12-25-21-18(20)9-15(10-19(21)22(23)27)16-8-17(11-24-2)30-13-16;3-2(4,5)1(6)7/h8-10,12-14,24-25H,3-7,11H2,1-2H3,(H2,23,27);(H,6,7). The number of piperidine rings is 1. The molecule has 1 fully saturated rings. The van der Waals surface area contributed by atoms with E-state index in [4.69, 9.17) is 20.1 Å². The summed E-state index contributed by atoms with van der Waals surface area (Å²) < 4.78 is 63.3. The van der Waals surface area contributed by atoms with Crippen molar-refractivity contribution < 1.29 is 40.7 Å². The maximum atomic E-state index is 12.2. The Hall–Kier alpha value is -3.36. The van der Waals surface area contributed by atoms with Crippen molar-refractivity contribution in [1.29, 1.82) is 0 Å². The van der Waals surface area contributed by atoms with Crippen molar-refractivity contribution in [2.24, 2.45) is 5.73 Å². The van der Waals surface area contributed by atoms with Crippen LogP contribution in [0.1, 0.15) is 47.4 Å². The molecule has 0 saturated carbocycles. The van der Waals surface area contributed by atoms with E-state index in [1.165, 1.54) is 0 Å². The van der Waals surface area contributed by atoms with E-state index in [-0.39, 0.29) is 11.7 Å². The molecule has 10 nitrogen and oxygen atoms in total. The molecule has 3 aromatic rings. The Morgan fingerprint density at radius 1 is 1.21 bits per heavy atom. The quantitative estimate of drug-likeness (QED) is 0.346. The first-order valence-electron chi connectivity index (χ1n) is 11.7. The van der Waals surface area contributed by atoms with Gasteiger partial charge in [-0.15, -0.1) is 0 Å². The summed E-state index contributed by atoms with van der Waals surface area (Å²) in [4.78, 5) is 24.3. The molecule has 3 heterocycles. The van der Waals surface area contributed by atoms with Crippen LogP contribution >= 0.6 is 0 Å². The summed E-state index contributed by atoms with van der Waals surface area (Å²) in [7, 11) is -1.32. The van der Waals surface area contributed by atoms with Gasteiger partial charge in [-0.2, -0.15) is 13.2 Å². The van der Waals surface area contributed by atoms with Crippen LogP contribution < -0.4 is 11.1 Å². The molecule has 1 amide bonds. The molecule has 4 rings (SSSR count). The lowest BCUT2D eigenvalue weighted by molar-refractivity contribution is -0.192. The molecule has 0 unspecified atom stereocenters. The van der Waals surface area contributed by atoms with Crippen molar-refractivity contribution in [3.05, 3.63) is 47.5 Å². The van der Waals surface area contributed by atoms with Gasteiger partial charge < -0.3 is 25.6 Å². The number of nitrogens with one attached hydrogen (secondary N) is 2. The highest BCUT2D eigenvalue weighted by molar-refractivity contribution is 7.89. The maximum Gasteiger partial charge on any atom is 0.490 e. The van der Waals surface area contributed by atoms with Crippen molar-refractivity contribution >= 4 is 32.8 Å². The van der Waals surface area contributed by atoms with Crippen LogP contribution in [0.3, 0.4) is 0 Å². The normalized spacial score (nSPS) is 15.3. The predicted octanol–water partition coefficient (Wildman–Crippen LogP) is 3.41. The third-order valence-corrected chi connectivity index (χ3v) is 8.20. The summed E-state index contributed by atoms with van der Waals surface area (Å²) >= 11 is 0. The number of aliphatic carboxylic acids is 1. The number of carbonyl (C=O) groups is 2. The molecule has 1 aromatic carbocycles. The van der Waals surface area contributed by atoms with Crippen LogP contribution in [0, 0.1) is 0 Å². The molecule has 208 valence electrons. The second kappa shape index (κ2) is 11.6. The summed E-state index contributed by atoms with van der Waals surface area (Å²) in [5, 5.41) is 11.1. The maximum absolute atomic E-state index is 12.2. The smallest absolute Gasteiger partial charge is 0.475 e. The molecule has 1 saturated heterocycles. The number of fused-ring (bicyclic) bond motifs is 1. The molecule has 0 bridgehead atoms. The van der Waals surface area contributed by atoms with Crippen LogP contribution in [-0.2, 0) is 21.4 Å². The van der Waals surface area contributed by atoms with Crippen LogP contribution in [0.25, 0.3) is 22.0 Å². The number of aromatic amines is 1. The van der Waals surface area contributed by atoms with Gasteiger partial charge in [0.15, 0.2) is 0 Å². The number of rotatable bonds is 7. The van der Waals surface area contributed by atoms with Crippen molar-refractivity contribution in [1.82, 2.24) is 14.6 Å². The zero-order valence-corrected chi connectivity index (χ0v) is 21.6. The number of carbonyl (C=O) groups excluding carboxylic acids is 1. The van der Waals surface area contributed by atoms with Crippen LogP contribution in [0.15, 0.2) is 35.1 Å². The molecular weight excluding hydrogens is 529 g/mol. The summed E-state index contributed by atoms with van der Waals surface area (Å²) in [6, 6.07) is 5.79. The molecule has 38 heavy (non-hydrogen) atoms. The number of H-pyrrole nitrogens is 1. The number of nitrogens with zero attached hydrogens (tertiary/aromatic N) is 1. The Labute approximate surface area is 217 Å². The largest absolute Gasteiger partial charge is 0.490 e. The van der Waals surface area contributed by atoms with E-state index in [1.54, 1.807) is 23.6 Å². The van der Waals surface area contributed by atoms with Crippen molar-refractivity contribution in [3.63, 3.8) is 0 Å². The van der Waals surface area contributed by atoms with Crippen molar-refractivity contribution in [2.75, 3.05) is 25.9 Å². The molecular formula is C24H29F3N4O6S. The van der Waals surface area contributed by atoms with Gasteiger partial charge in [0.25, 0.3) is 5.91 Å². The van der Waals surface area contributed by atoms with E-state index in [0.717, 1.165) is 40.7 Å². The lowest BCUT2D eigenvalue weighted by Gasteiger charge is -2.31. The summed E-state index contributed by atoms with van der Waals surface area (Å²) in [6.07, 6.45) is -0.00292. The van der Waals surface area contributed by atoms with Gasteiger partial charge in [-0.25, -0.2) is 17.5 Å². The second-order valence-corrected chi connectivity index (χ2v) is 11.0. The number of halogens is 3. The first-order valence-corrected chi connectivity index (χ1v) is 13.3. The molecule has 14 heteroatoms.